The number of benzene rings is 4. The van der Waals surface area contributed by atoms with Crippen molar-refractivity contribution in [2.45, 2.75) is 9.79 Å². The van der Waals surface area contributed by atoms with Crippen LogP contribution in [0.15, 0.2) is 107 Å². The normalized spacial score (nSPS) is 11.3. The molecule has 0 amide bonds. The smallest absolute Gasteiger partial charge is 0.295 e. The Kier molecular flexibility index (Phi) is 19.3. The van der Waals surface area contributed by atoms with E-state index in [1.54, 1.807) is 48.2 Å². The van der Waals surface area contributed by atoms with Gasteiger partial charge in [-0.25, -0.2) is 0 Å². The number of aliphatic hydroxyl groups is 2. The predicted octanol–water partition coefficient (Wildman–Crippen LogP) is 3.79. The molecule has 0 aliphatic carbocycles. The van der Waals surface area contributed by atoms with Gasteiger partial charge in [0.25, 0.3) is 20.2 Å². The number of hydrogen-bond donors (Lipinski definition) is 8. The molecule has 2 heterocycles. The summed E-state index contributed by atoms with van der Waals surface area (Å²) in [6.07, 6.45) is 2.51. The van der Waals surface area contributed by atoms with Gasteiger partial charge in [-0.05, 0) is 59.7 Å². The Hall–Kier alpha value is -3.55. The molecule has 2 aromatic heterocycles. The molecule has 0 bridgehead atoms. The number of aromatic nitrogens is 6. The Morgan fingerprint density at radius 3 is 1.13 bits per heavy atom. The quantitative estimate of drug-likeness (QED) is 0.0346. The van der Waals surface area contributed by atoms with Gasteiger partial charge in [0, 0.05) is 153 Å². The van der Waals surface area contributed by atoms with E-state index in [-0.39, 0.29) is 187 Å². The van der Waals surface area contributed by atoms with E-state index in [9.17, 15) is 36.2 Å². The van der Waals surface area contributed by atoms with E-state index in [1.807, 2.05) is 36.4 Å². The van der Waals surface area contributed by atoms with Crippen molar-refractivity contribution in [3.05, 3.63) is 108 Å². The number of rotatable bonds is 18. The van der Waals surface area contributed by atoms with E-state index in [4.69, 9.17) is 0 Å². The minimum absolute atomic E-state index is 0. The Bertz CT molecular complexity index is 2530. The van der Waals surface area contributed by atoms with Gasteiger partial charge in [-0.2, -0.15) is 46.7 Å². The Balaban J connectivity index is 0.00000422. The van der Waals surface area contributed by atoms with Crippen molar-refractivity contribution in [1.82, 2.24) is 29.9 Å². The zero-order chi connectivity index (χ0) is 42.9. The first-order valence-corrected chi connectivity index (χ1v) is 20.8. The molecule has 0 spiro atoms. The molecule has 2 radical (unpaired) electrons. The van der Waals surface area contributed by atoms with Crippen LogP contribution < -0.4 is 31.1 Å². The van der Waals surface area contributed by atoms with Gasteiger partial charge in [0.05, 0.1) is 13.2 Å². The van der Waals surface area contributed by atoms with Gasteiger partial charge in [-0.1, -0.05) is 60.7 Å². The van der Waals surface area contributed by atoms with Crippen LogP contribution in [0.3, 0.4) is 0 Å². The minimum atomic E-state index is -4.86. The summed E-state index contributed by atoms with van der Waals surface area (Å²) in [5, 5.41) is 30.9. The fraction of sp³-hybridized carbons (Fsp3) is 0.158. The summed E-state index contributed by atoms with van der Waals surface area (Å²) < 4.78 is 71.1. The third-order valence-corrected chi connectivity index (χ3v) is 10.2. The van der Waals surface area contributed by atoms with E-state index in [1.165, 1.54) is 36.4 Å². The van der Waals surface area contributed by atoms with Crippen molar-refractivity contribution in [2.75, 3.05) is 71.5 Å². The molecule has 6 rings (SSSR count). The van der Waals surface area contributed by atoms with Crippen LogP contribution in [0.2, 0.25) is 0 Å². The average molecular weight is 935 g/mol. The molecule has 24 heteroatoms. The van der Waals surface area contributed by atoms with E-state index < -0.39 is 30.0 Å². The van der Waals surface area contributed by atoms with Crippen LogP contribution in [0.5, 0.6) is 0 Å². The molecule has 0 atom stereocenters. The third-order valence-electron chi connectivity index (χ3n) is 8.40. The van der Waals surface area contributed by atoms with Crippen molar-refractivity contribution < 1.29 is 36.2 Å². The number of nitrogens with zero attached hydrogens (tertiary/aromatic N) is 8. The number of nitrogens with one attached hydrogen (secondary N) is 4. The molecular weight excluding hydrogens is 895 g/mol. The molecule has 6 aromatic rings. The van der Waals surface area contributed by atoms with Gasteiger partial charge in [-0.15, -0.1) is 0 Å². The Morgan fingerprint density at radius 2 is 0.823 bits per heavy atom. The maximum Gasteiger partial charge on any atom is 0.295 e. The molecular formula is C38H40K2N12O8S2. The molecule has 20 nitrogen and oxygen atoms in total. The Labute approximate surface area is 443 Å². The summed E-state index contributed by atoms with van der Waals surface area (Å²) in [5.41, 5.74) is 1.63. The maximum atomic E-state index is 12.6. The van der Waals surface area contributed by atoms with Crippen LogP contribution in [0.1, 0.15) is 11.1 Å². The summed E-state index contributed by atoms with van der Waals surface area (Å²) in [6, 6.07) is 26.1. The second-order valence-electron chi connectivity index (χ2n) is 12.9. The molecule has 62 heavy (non-hydrogen) atoms. The second kappa shape index (κ2) is 23.4. The van der Waals surface area contributed by atoms with E-state index in [2.05, 4.69) is 51.2 Å². The summed E-state index contributed by atoms with van der Waals surface area (Å²) in [4.78, 5) is 28.5. The number of para-hydroxylation sites is 2. The van der Waals surface area contributed by atoms with Crippen LogP contribution >= 0.6 is 0 Å². The topological polar surface area (TPSA) is 281 Å². The molecule has 0 aliphatic rings. The van der Waals surface area contributed by atoms with Crippen LogP contribution in [-0.4, -0.2) is 209 Å². The van der Waals surface area contributed by atoms with E-state index >= 15 is 0 Å². The zero-order valence-electron chi connectivity index (χ0n) is 34.0. The van der Waals surface area contributed by atoms with Gasteiger partial charge < -0.3 is 41.3 Å². The Morgan fingerprint density at radius 1 is 0.500 bits per heavy atom. The summed E-state index contributed by atoms with van der Waals surface area (Å²) >= 11 is 0. The second-order valence-corrected chi connectivity index (χ2v) is 15.7. The maximum absolute atomic E-state index is 12.6. The number of hydrogen-bond acceptors (Lipinski definition) is 18. The van der Waals surface area contributed by atoms with Gasteiger partial charge in [-0.3, -0.25) is 9.11 Å². The molecule has 0 aliphatic heterocycles. The van der Waals surface area contributed by atoms with Gasteiger partial charge in [0.15, 0.2) is 0 Å². The monoisotopic (exact) mass is 934 g/mol. The van der Waals surface area contributed by atoms with Crippen molar-refractivity contribution in [3.8, 4) is 0 Å². The summed E-state index contributed by atoms with van der Waals surface area (Å²) in [5.74, 6) is 0.704. The molecule has 0 fully saturated rings. The van der Waals surface area contributed by atoms with Crippen LogP contribution in [0.25, 0.3) is 12.2 Å². The first-order chi connectivity index (χ1) is 28.7. The van der Waals surface area contributed by atoms with Crippen molar-refractivity contribution in [2.24, 2.45) is 0 Å². The molecule has 314 valence electrons. The van der Waals surface area contributed by atoms with E-state index in [0.717, 1.165) is 12.1 Å². The number of aliphatic hydroxyl groups excluding tert-OH is 2. The number of likely N-dealkylation sites (N-methyl/N-ethyl adjacent to an activating group) is 2. The fourth-order valence-electron chi connectivity index (χ4n) is 5.48. The standard InChI is InChI=1S/C38H40N12O8S2.2K/c1-49(19-21-51)37-45-33(39-27-9-5-3-6-10-27)43-35(47-37)41-29-17-15-25(31(23-29)59(53,54)55)13-14-26-16-18-30(24-32(26)60(56,57)58)42-36-44-34(40-28-11-7-4-8-12-28)46-38(48-36)50(2)20-22-52;;/h3-18,23-24,51-52H,19-22H2,1-2H3,(H,53,54,55)(H,56,57,58)(H2,39,41,43,45,47)(H2,40,42,44,46,48);;. The van der Waals surface area contributed by atoms with Crippen LogP contribution in [0.4, 0.5) is 58.4 Å². The molecule has 8 N–H and O–H groups in total. The molecule has 0 saturated carbocycles. The van der Waals surface area contributed by atoms with Crippen LogP contribution in [-0.2, 0) is 20.2 Å². The number of anilines is 10. The summed E-state index contributed by atoms with van der Waals surface area (Å²) in [7, 11) is -6.38. The van der Waals surface area contributed by atoms with Gasteiger partial charge in [0.1, 0.15) is 9.79 Å². The molecule has 0 unspecified atom stereocenters. The largest absolute Gasteiger partial charge is 0.395 e. The molecule has 0 saturated heterocycles. The van der Waals surface area contributed by atoms with Gasteiger partial charge >= 0.3 is 0 Å². The zero-order valence-corrected chi connectivity index (χ0v) is 41.9. The van der Waals surface area contributed by atoms with Gasteiger partial charge in [0.2, 0.25) is 35.7 Å². The predicted molar refractivity (Wildman–Crippen MR) is 239 cm³/mol. The van der Waals surface area contributed by atoms with Crippen LogP contribution in [0, 0.1) is 0 Å². The first-order valence-electron chi connectivity index (χ1n) is 17.9. The van der Waals surface area contributed by atoms with Crippen molar-refractivity contribution in [3.63, 3.8) is 0 Å². The first kappa shape index (κ1) is 51.1. The summed E-state index contributed by atoms with van der Waals surface area (Å²) in [6.45, 7) is 0.0646. The average Bonchev–Trinajstić information content (AvgIpc) is 3.20. The minimum Gasteiger partial charge on any atom is -0.395 e. The third kappa shape index (κ3) is 14.5. The SMILES string of the molecule is CN(CCO)c1nc(Nc2ccccc2)nc(Nc2ccc(C=Cc3ccc(Nc4nc(Nc5ccccc5)nc(N(C)CCO)n4)cc3S(=O)(=O)O)c(S(=O)(=O)O)c2)n1.[K].[K]. The van der Waals surface area contributed by atoms with Crippen molar-refractivity contribution >= 4 is 194 Å². The van der Waals surface area contributed by atoms with Crippen molar-refractivity contribution in [1.29, 1.82) is 0 Å². The fourth-order valence-corrected chi connectivity index (χ4v) is 6.90. The molecule has 4 aromatic carbocycles. The van der Waals surface area contributed by atoms with E-state index in [0.29, 0.717) is 11.4 Å².